The highest BCUT2D eigenvalue weighted by molar-refractivity contribution is 5.67. The van der Waals surface area contributed by atoms with Gasteiger partial charge in [-0.15, -0.1) is 0 Å². The number of hydrogen-bond donors (Lipinski definition) is 0. The summed E-state index contributed by atoms with van der Waals surface area (Å²) in [7, 11) is 1.84. The van der Waals surface area contributed by atoms with Gasteiger partial charge in [0, 0.05) is 26.7 Å². The number of carbonyl (C=O) groups excluding carboxylic acids is 1. The lowest BCUT2D eigenvalue weighted by molar-refractivity contribution is 0.0241. The Labute approximate surface area is 146 Å². The molecule has 0 aliphatic carbocycles. The van der Waals surface area contributed by atoms with Gasteiger partial charge in [-0.25, -0.2) is 4.79 Å². The van der Waals surface area contributed by atoms with Crippen molar-refractivity contribution >= 4 is 6.09 Å². The molecular formula is C20H32N2O2. The van der Waals surface area contributed by atoms with E-state index < -0.39 is 5.60 Å². The quantitative estimate of drug-likeness (QED) is 0.833. The van der Waals surface area contributed by atoms with Crippen LogP contribution in [0.2, 0.25) is 0 Å². The Morgan fingerprint density at radius 2 is 2.04 bits per heavy atom. The highest BCUT2D eigenvalue weighted by Crippen LogP contribution is 2.21. The van der Waals surface area contributed by atoms with Gasteiger partial charge in [-0.1, -0.05) is 24.3 Å². The van der Waals surface area contributed by atoms with Crippen molar-refractivity contribution in [3.05, 3.63) is 35.4 Å². The van der Waals surface area contributed by atoms with E-state index in [0.29, 0.717) is 5.92 Å². The predicted octanol–water partition coefficient (Wildman–Crippen LogP) is 4.07. The molecule has 0 aromatic heterocycles. The molecule has 0 radical (unpaired) electrons. The van der Waals surface area contributed by atoms with E-state index in [4.69, 9.17) is 4.74 Å². The fourth-order valence-corrected chi connectivity index (χ4v) is 3.27. The van der Waals surface area contributed by atoms with E-state index in [1.165, 1.54) is 24.0 Å². The molecule has 1 aromatic carbocycles. The average Bonchev–Trinajstić information content (AvgIpc) is 2.48. The van der Waals surface area contributed by atoms with Crippen molar-refractivity contribution in [3.63, 3.8) is 0 Å². The number of hydrogen-bond acceptors (Lipinski definition) is 3. The monoisotopic (exact) mass is 332 g/mol. The van der Waals surface area contributed by atoms with Crippen molar-refractivity contribution < 1.29 is 9.53 Å². The van der Waals surface area contributed by atoms with Crippen molar-refractivity contribution in [2.45, 2.75) is 52.7 Å². The topological polar surface area (TPSA) is 32.8 Å². The molecule has 0 bridgehead atoms. The second-order valence-electron chi connectivity index (χ2n) is 8.03. The summed E-state index contributed by atoms with van der Waals surface area (Å²) in [6.07, 6.45) is 2.15. The lowest BCUT2D eigenvalue weighted by atomic mass is 9.96. The maximum absolute atomic E-state index is 12.1. The molecule has 134 valence electrons. The van der Waals surface area contributed by atoms with Crippen molar-refractivity contribution in [1.82, 2.24) is 9.80 Å². The first kappa shape index (κ1) is 18.8. The average molecular weight is 332 g/mol. The van der Waals surface area contributed by atoms with Crippen LogP contribution in [0.5, 0.6) is 0 Å². The molecule has 24 heavy (non-hydrogen) atoms. The lowest BCUT2D eigenvalue weighted by Gasteiger charge is -2.35. The van der Waals surface area contributed by atoms with Gasteiger partial charge in [0.25, 0.3) is 0 Å². The smallest absolute Gasteiger partial charge is 0.410 e. The summed E-state index contributed by atoms with van der Waals surface area (Å²) in [5.41, 5.74) is 2.32. The van der Waals surface area contributed by atoms with Gasteiger partial charge in [-0.3, -0.25) is 4.90 Å². The van der Waals surface area contributed by atoms with Crippen LogP contribution in [0.1, 0.15) is 44.7 Å². The van der Waals surface area contributed by atoms with Gasteiger partial charge in [0.2, 0.25) is 0 Å². The van der Waals surface area contributed by atoms with Crippen LogP contribution >= 0.6 is 0 Å². The normalized spacial score (nSPS) is 19.1. The molecule has 1 atom stereocenters. The van der Waals surface area contributed by atoms with Crippen molar-refractivity contribution in [3.8, 4) is 0 Å². The fraction of sp³-hybridized carbons (Fsp3) is 0.650. The number of aryl methyl sites for hydroxylation is 1. The molecule has 2 rings (SSSR count). The molecule has 0 spiro atoms. The Bertz CT molecular complexity index is 551. The standard InChI is InChI=1S/C20H32N2O2/c1-16-9-6-7-11-18(16)15-22-12-8-10-17(14-22)13-21(5)19(23)24-20(2,3)4/h6-7,9,11,17H,8,10,12-15H2,1-5H3. The van der Waals surface area contributed by atoms with Gasteiger partial charge < -0.3 is 9.64 Å². The molecule has 1 heterocycles. The van der Waals surface area contributed by atoms with Crippen LogP contribution in [0.15, 0.2) is 24.3 Å². The lowest BCUT2D eigenvalue weighted by Crippen LogP contribution is -2.42. The number of amides is 1. The number of piperidine rings is 1. The molecular weight excluding hydrogens is 300 g/mol. The molecule has 0 N–H and O–H groups in total. The molecule has 1 unspecified atom stereocenters. The van der Waals surface area contributed by atoms with E-state index in [9.17, 15) is 4.79 Å². The number of nitrogens with zero attached hydrogens (tertiary/aromatic N) is 2. The van der Waals surface area contributed by atoms with Gasteiger partial charge in [0.05, 0.1) is 0 Å². The number of ether oxygens (including phenoxy) is 1. The minimum absolute atomic E-state index is 0.224. The molecule has 0 saturated carbocycles. The van der Waals surface area contributed by atoms with E-state index in [2.05, 4.69) is 36.1 Å². The van der Waals surface area contributed by atoms with Crippen LogP contribution in [0.4, 0.5) is 4.79 Å². The minimum atomic E-state index is -0.436. The summed E-state index contributed by atoms with van der Waals surface area (Å²) in [6.45, 7) is 11.8. The van der Waals surface area contributed by atoms with Crippen LogP contribution in [0.3, 0.4) is 0 Å². The highest BCUT2D eigenvalue weighted by Gasteiger charge is 2.25. The number of benzene rings is 1. The highest BCUT2D eigenvalue weighted by atomic mass is 16.6. The third kappa shape index (κ3) is 5.82. The minimum Gasteiger partial charge on any atom is -0.444 e. The van der Waals surface area contributed by atoms with Gasteiger partial charge in [0.1, 0.15) is 5.60 Å². The Kier molecular flexibility index (Phi) is 6.27. The summed E-state index contributed by atoms with van der Waals surface area (Å²) in [5.74, 6) is 0.514. The Balaban J connectivity index is 1.86. The maximum Gasteiger partial charge on any atom is 0.410 e. The summed E-state index contributed by atoms with van der Waals surface area (Å²) in [5, 5.41) is 0. The van der Waals surface area contributed by atoms with E-state index in [0.717, 1.165) is 26.2 Å². The van der Waals surface area contributed by atoms with Crippen LogP contribution in [0.25, 0.3) is 0 Å². The van der Waals surface area contributed by atoms with Crippen LogP contribution in [-0.4, -0.2) is 48.2 Å². The van der Waals surface area contributed by atoms with E-state index in [-0.39, 0.29) is 6.09 Å². The zero-order valence-corrected chi connectivity index (χ0v) is 15.8. The molecule has 1 saturated heterocycles. The molecule has 4 heteroatoms. The van der Waals surface area contributed by atoms with E-state index >= 15 is 0 Å². The molecule has 1 fully saturated rings. The second-order valence-corrected chi connectivity index (χ2v) is 8.03. The third-order valence-electron chi connectivity index (χ3n) is 4.50. The van der Waals surface area contributed by atoms with Crippen molar-refractivity contribution in [2.24, 2.45) is 5.92 Å². The van der Waals surface area contributed by atoms with Crippen molar-refractivity contribution in [1.29, 1.82) is 0 Å². The third-order valence-corrected chi connectivity index (χ3v) is 4.50. The Hall–Kier alpha value is -1.55. The summed E-state index contributed by atoms with van der Waals surface area (Å²) in [4.78, 5) is 16.4. The first-order valence-electron chi connectivity index (χ1n) is 8.95. The second kappa shape index (κ2) is 8.02. The van der Waals surface area contributed by atoms with Gasteiger partial charge in [-0.05, 0) is 64.1 Å². The maximum atomic E-state index is 12.1. The summed E-state index contributed by atoms with van der Waals surface area (Å²) < 4.78 is 5.45. The largest absolute Gasteiger partial charge is 0.444 e. The summed E-state index contributed by atoms with van der Waals surface area (Å²) in [6, 6.07) is 8.59. The Morgan fingerprint density at radius 1 is 1.33 bits per heavy atom. The summed E-state index contributed by atoms with van der Waals surface area (Å²) >= 11 is 0. The SMILES string of the molecule is Cc1ccccc1CN1CCCC(CN(C)C(=O)OC(C)(C)C)C1. The zero-order valence-electron chi connectivity index (χ0n) is 15.8. The fourth-order valence-electron chi connectivity index (χ4n) is 3.27. The first-order valence-corrected chi connectivity index (χ1v) is 8.95. The molecule has 1 aromatic rings. The molecule has 1 aliphatic heterocycles. The number of rotatable bonds is 4. The first-order chi connectivity index (χ1) is 11.2. The number of carbonyl (C=O) groups is 1. The van der Waals surface area contributed by atoms with Crippen LogP contribution in [0, 0.1) is 12.8 Å². The van der Waals surface area contributed by atoms with Gasteiger partial charge >= 0.3 is 6.09 Å². The van der Waals surface area contributed by atoms with Gasteiger partial charge in [0.15, 0.2) is 0 Å². The molecule has 4 nitrogen and oxygen atoms in total. The van der Waals surface area contributed by atoms with Crippen molar-refractivity contribution in [2.75, 3.05) is 26.7 Å². The van der Waals surface area contributed by atoms with Crippen LogP contribution in [-0.2, 0) is 11.3 Å². The van der Waals surface area contributed by atoms with E-state index in [1.54, 1.807) is 4.90 Å². The zero-order chi connectivity index (χ0) is 17.7. The number of likely N-dealkylation sites (tertiary alicyclic amines) is 1. The van der Waals surface area contributed by atoms with E-state index in [1.807, 2.05) is 27.8 Å². The Morgan fingerprint density at radius 3 is 2.71 bits per heavy atom. The predicted molar refractivity (Wildman–Crippen MR) is 98.0 cm³/mol. The molecule has 1 amide bonds. The van der Waals surface area contributed by atoms with Gasteiger partial charge in [-0.2, -0.15) is 0 Å². The van der Waals surface area contributed by atoms with Crippen LogP contribution < -0.4 is 0 Å². The molecule has 1 aliphatic rings.